The molecule has 4 rings (SSSR count). The summed E-state index contributed by atoms with van der Waals surface area (Å²) in [4.78, 5) is 8.38. The van der Waals surface area contributed by atoms with Crippen LogP contribution in [-0.4, -0.2) is 21.6 Å². The molecule has 0 aliphatic carbocycles. The van der Waals surface area contributed by atoms with Crippen molar-refractivity contribution in [2.45, 2.75) is 12.3 Å². The molecule has 0 spiro atoms. The molecule has 0 aliphatic rings. The summed E-state index contributed by atoms with van der Waals surface area (Å²) in [6, 6.07) is 15.7. The summed E-state index contributed by atoms with van der Waals surface area (Å²) in [6.07, 6.45) is -3.68. The zero-order valence-corrected chi connectivity index (χ0v) is 15.8. The molecule has 0 bridgehead atoms. The molecule has 0 saturated carbocycles. The average molecular weight is 415 g/mol. The van der Waals surface area contributed by atoms with Crippen molar-refractivity contribution in [3.05, 3.63) is 77.4 Å². The van der Waals surface area contributed by atoms with Crippen LogP contribution in [0.1, 0.15) is 17.2 Å². The number of fused-ring (bicyclic) bond motifs is 1. The lowest BCUT2D eigenvalue weighted by atomic mass is 10.1. The highest BCUT2D eigenvalue weighted by atomic mass is 32.1. The molecule has 4 aromatic rings. The van der Waals surface area contributed by atoms with Crippen molar-refractivity contribution in [2.75, 3.05) is 11.9 Å². The minimum atomic E-state index is -4.37. The van der Waals surface area contributed by atoms with Crippen molar-refractivity contribution in [2.24, 2.45) is 0 Å². The molecule has 1 unspecified atom stereocenters. The molecule has 1 atom stereocenters. The fourth-order valence-electron chi connectivity index (χ4n) is 3.01. The smallest absolute Gasteiger partial charge is 0.387 e. The van der Waals surface area contributed by atoms with E-state index in [1.165, 1.54) is 12.4 Å². The number of rotatable bonds is 5. The first-order valence-corrected chi connectivity index (χ1v) is 9.67. The SMILES string of the molecule is OC(CNc1cc(-c2ccc3c(C(F)(F)F)csc3c2)ncn1)c1ccccc1. The summed E-state index contributed by atoms with van der Waals surface area (Å²) in [5, 5.41) is 14.6. The second-order valence-corrected chi connectivity index (χ2v) is 7.37. The van der Waals surface area contributed by atoms with Crippen molar-refractivity contribution in [1.82, 2.24) is 9.97 Å². The van der Waals surface area contributed by atoms with E-state index in [9.17, 15) is 18.3 Å². The Balaban J connectivity index is 1.54. The number of aromatic nitrogens is 2. The molecule has 4 nitrogen and oxygen atoms in total. The Bertz CT molecular complexity index is 1130. The summed E-state index contributed by atoms with van der Waals surface area (Å²) < 4.78 is 39.7. The molecule has 29 heavy (non-hydrogen) atoms. The highest BCUT2D eigenvalue weighted by molar-refractivity contribution is 7.17. The molecule has 2 N–H and O–H groups in total. The maximum atomic E-state index is 13.1. The van der Waals surface area contributed by atoms with E-state index in [0.717, 1.165) is 22.3 Å². The predicted molar refractivity (Wildman–Crippen MR) is 108 cm³/mol. The van der Waals surface area contributed by atoms with E-state index in [1.54, 1.807) is 18.2 Å². The Morgan fingerprint density at radius 2 is 1.83 bits per heavy atom. The summed E-state index contributed by atoms with van der Waals surface area (Å²) in [5.74, 6) is 0.521. The molecular weight excluding hydrogens is 399 g/mol. The molecule has 2 heterocycles. The first-order chi connectivity index (χ1) is 13.9. The van der Waals surface area contributed by atoms with Gasteiger partial charge in [0.1, 0.15) is 12.1 Å². The molecule has 0 amide bonds. The van der Waals surface area contributed by atoms with Gasteiger partial charge in [-0.3, -0.25) is 0 Å². The van der Waals surface area contributed by atoms with Crippen LogP contribution in [0.4, 0.5) is 19.0 Å². The molecule has 0 saturated heterocycles. The van der Waals surface area contributed by atoms with Crippen LogP contribution in [0.3, 0.4) is 0 Å². The Morgan fingerprint density at radius 1 is 1.03 bits per heavy atom. The number of aliphatic hydroxyl groups excluding tert-OH is 1. The van der Waals surface area contributed by atoms with E-state index in [2.05, 4.69) is 15.3 Å². The van der Waals surface area contributed by atoms with E-state index in [4.69, 9.17) is 0 Å². The quantitative estimate of drug-likeness (QED) is 0.450. The number of hydrogen-bond donors (Lipinski definition) is 2. The van der Waals surface area contributed by atoms with Gasteiger partial charge in [-0.1, -0.05) is 42.5 Å². The standard InChI is InChI=1S/C21H16F3N3OS/c22-21(23,24)16-11-29-19-8-14(6-7-15(16)19)17-9-20(27-12-26-17)25-10-18(28)13-4-2-1-3-5-13/h1-9,11-12,18,28H,10H2,(H,25,26,27). The molecule has 2 aromatic carbocycles. The highest BCUT2D eigenvalue weighted by Crippen LogP contribution is 2.39. The van der Waals surface area contributed by atoms with E-state index < -0.39 is 17.8 Å². The molecular formula is C21H16F3N3OS. The van der Waals surface area contributed by atoms with Crippen molar-refractivity contribution in [3.8, 4) is 11.3 Å². The third kappa shape index (κ3) is 4.23. The van der Waals surface area contributed by atoms with Gasteiger partial charge < -0.3 is 10.4 Å². The zero-order chi connectivity index (χ0) is 20.4. The summed E-state index contributed by atoms with van der Waals surface area (Å²) in [6.45, 7) is 0.263. The maximum absolute atomic E-state index is 13.1. The van der Waals surface area contributed by atoms with Crippen LogP contribution in [0.2, 0.25) is 0 Å². The zero-order valence-electron chi connectivity index (χ0n) is 15.0. The maximum Gasteiger partial charge on any atom is 0.417 e. The number of alkyl halides is 3. The molecule has 0 radical (unpaired) electrons. The number of halogens is 3. The van der Waals surface area contributed by atoms with Crippen LogP contribution < -0.4 is 5.32 Å². The largest absolute Gasteiger partial charge is 0.417 e. The lowest BCUT2D eigenvalue weighted by Crippen LogP contribution is -2.13. The Morgan fingerprint density at radius 3 is 2.59 bits per heavy atom. The van der Waals surface area contributed by atoms with Crippen molar-refractivity contribution < 1.29 is 18.3 Å². The molecule has 2 aromatic heterocycles. The monoisotopic (exact) mass is 415 g/mol. The van der Waals surface area contributed by atoms with Crippen LogP contribution in [0.15, 0.2) is 66.3 Å². The normalized spacial score (nSPS) is 12.8. The number of anilines is 1. The van der Waals surface area contributed by atoms with Crippen molar-refractivity contribution in [3.63, 3.8) is 0 Å². The average Bonchev–Trinajstić information content (AvgIpc) is 3.16. The highest BCUT2D eigenvalue weighted by Gasteiger charge is 2.33. The van der Waals surface area contributed by atoms with Gasteiger partial charge in [0.15, 0.2) is 0 Å². The number of thiophene rings is 1. The third-order valence-corrected chi connectivity index (χ3v) is 5.45. The molecule has 148 valence electrons. The van der Waals surface area contributed by atoms with Gasteiger partial charge in [0, 0.05) is 33.6 Å². The van der Waals surface area contributed by atoms with Gasteiger partial charge in [-0.15, -0.1) is 11.3 Å². The van der Waals surface area contributed by atoms with E-state index in [-0.39, 0.29) is 11.9 Å². The van der Waals surface area contributed by atoms with Crippen LogP contribution in [-0.2, 0) is 6.18 Å². The lowest BCUT2D eigenvalue weighted by Gasteiger charge is -2.13. The molecule has 8 heteroatoms. The van der Waals surface area contributed by atoms with Gasteiger partial charge in [0.05, 0.1) is 17.4 Å². The van der Waals surface area contributed by atoms with Crippen molar-refractivity contribution in [1.29, 1.82) is 0 Å². The first kappa shape index (κ1) is 19.4. The van der Waals surface area contributed by atoms with Crippen molar-refractivity contribution >= 4 is 27.2 Å². The van der Waals surface area contributed by atoms with Crippen LogP contribution in [0, 0.1) is 0 Å². The van der Waals surface area contributed by atoms with Gasteiger partial charge in [-0.25, -0.2) is 9.97 Å². The lowest BCUT2D eigenvalue weighted by molar-refractivity contribution is -0.136. The number of nitrogens with zero attached hydrogens (tertiary/aromatic N) is 2. The Hall–Kier alpha value is -2.97. The number of hydrogen-bond acceptors (Lipinski definition) is 5. The van der Waals surface area contributed by atoms with Gasteiger partial charge >= 0.3 is 6.18 Å². The van der Waals surface area contributed by atoms with Gasteiger partial charge in [0.2, 0.25) is 0 Å². The topological polar surface area (TPSA) is 58.0 Å². The number of benzene rings is 2. The molecule has 0 fully saturated rings. The summed E-state index contributed by atoms with van der Waals surface area (Å²) in [5.41, 5.74) is 1.45. The fourth-order valence-corrected chi connectivity index (χ4v) is 4.02. The minimum Gasteiger partial charge on any atom is -0.387 e. The first-order valence-electron chi connectivity index (χ1n) is 8.79. The molecule has 0 aliphatic heterocycles. The number of aliphatic hydroxyl groups is 1. The van der Waals surface area contributed by atoms with E-state index >= 15 is 0 Å². The summed E-state index contributed by atoms with van der Waals surface area (Å²) in [7, 11) is 0. The van der Waals surface area contributed by atoms with Gasteiger partial charge in [-0.2, -0.15) is 13.2 Å². The van der Waals surface area contributed by atoms with Crippen LogP contribution in [0.25, 0.3) is 21.3 Å². The second-order valence-electron chi connectivity index (χ2n) is 6.45. The van der Waals surface area contributed by atoms with Crippen LogP contribution in [0.5, 0.6) is 0 Å². The summed E-state index contributed by atoms with van der Waals surface area (Å²) >= 11 is 1.05. The minimum absolute atomic E-state index is 0.185. The number of nitrogens with one attached hydrogen (secondary N) is 1. The van der Waals surface area contributed by atoms with Crippen LogP contribution >= 0.6 is 11.3 Å². The Kier molecular flexibility index (Phi) is 5.21. The van der Waals surface area contributed by atoms with E-state index in [0.29, 0.717) is 21.8 Å². The fraction of sp³-hybridized carbons (Fsp3) is 0.143. The van der Waals surface area contributed by atoms with Gasteiger partial charge in [-0.05, 0) is 11.6 Å². The third-order valence-electron chi connectivity index (χ3n) is 4.50. The second kappa shape index (κ2) is 7.81. The van der Waals surface area contributed by atoms with E-state index in [1.807, 2.05) is 30.3 Å². The predicted octanol–water partition coefficient (Wildman–Crippen LogP) is 5.52. The van der Waals surface area contributed by atoms with Gasteiger partial charge in [0.25, 0.3) is 0 Å². The Labute approximate surface area is 168 Å².